The Hall–Kier alpha value is -1.49. The van der Waals surface area contributed by atoms with Crippen molar-refractivity contribution in [3.8, 4) is 0 Å². The molecule has 2 amide bonds. The highest BCUT2D eigenvalue weighted by Crippen LogP contribution is 2.20. The number of rotatable bonds is 6. The summed E-state index contributed by atoms with van der Waals surface area (Å²) < 4.78 is 10.7. The largest absolute Gasteiger partial charge is 0.467 e. The molecule has 2 atom stereocenters. The number of ether oxygens (including phenoxy) is 1. The van der Waals surface area contributed by atoms with Crippen molar-refractivity contribution in [2.24, 2.45) is 0 Å². The summed E-state index contributed by atoms with van der Waals surface area (Å²) in [7, 11) is 3.44. The van der Waals surface area contributed by atoms with E-state index in [1.165, 1.54) is 0 Å². The summed E-state index contributed by atoms with van der Waals surface area (Å²) in [6.07, 6.45) is 2.36. The summed E-state index contributed by atoms with van der Waals surface area (Å²) >= 11 is 0. The van der Waals surface area contributed by atoms with Crippen LogP contribution in [0.5, 0.6) is 0 Å². The lowest BCUT2D eigenvalue weighted by molar-refractivity contribution is 0.00909. The van der Waals surface area contributed by atoms with E-state index in [0.717, 1.165) is 12.2 Å². The van der Waals surface area contributed by atoms with Crippen molar-refractivity contribution in [3.05, 3.63) is 24.2 Å². The summed E-state index contributed by atoms with van der Waals surface area (Å²) in [5.74, 6) is 0.771. The number of amides is 2. The molecule has 0 aromatic carbocycles. The maximum atomic E-state index is 12.2. The lowest BCUT2D eigenvalue weighted by Crippen LogP contribution is -2.45. The van der Waals surface area contributed by atoms with E-state index in [-0.39, 0.29) is 23.7 Å². The Bertz CT molecular complexity index is 415. The molecule has 0 fully saturated rings. The van der Waals surface area contributed by atoms with Crippen LogP contribution in [0, 0.1) is 0 Å². The van der Waals surface area contributed by atoms with E-state index >= 15 is 0 Å². The van der Waals surface area contributed by atoms with E-state index in [0.29, 0.717) is 0 Å². The van der Waals surface area contributed by atoms with Gasteiger partial charge in [0.05, 0.1) is 17.9 Å². The summed E-state index contributed by atoms with van der Waals surface area (Å²) in [4.78, 5) is 13.8. The molecule has 0 aliphatic carbocycles. The Morgan fingerprint density at radius 2 is 2.15 bits per heavy atom. The molecule has 0 radical (unpaired) electrons. The summed E-state index contributed by atoms with van der Waals surface area (Å²) in [5.41, 5.74) is -0.252. The molecular weight excluding hydrogens is 256 g/mol. The molecule has 1 aromatic heterocycles. The molecule has 5 heteroatoms. The SMILES string of the molecule is COC(C)(C)C[C@H](C)NC(=O)N(C)[C@@H](C)c1ccco1. The van der Waals surface area contributed by atoms with Gasteiger partial charge in [-0.05, 0) is 46.2 Å². The van der Waals surface area contributed by atoms with Gasteiger partial charge in [-0.3, -0.25) is 0 Å². The van der Waals surface area contributed by atoms with Crippen LogP contribution in [0.4, 0.5) is 4.79 Å². The third-order valence-electron chi connectivity index (χ3n) is 3.58. The average Bonchev–Trinajstić information content (AvgIpc) is 2.89. The fourth-order valence-electron chi connectivity index (χ4n) is 2.08. The molecule has 1 heterocycles. The highest BCUT2D eigenvalue weighted by atomic mass is 16.5. The van der Waals surface area contributed by atoms with Crippen LogP contribution in [0.2, 0.25) is 0 Å². The van der Waals surface area contributed by atoms with E-state index in [1.54, 1.807) is 25.3 Å². The van der Waals surface area contributed by atoms with Gasteiger partial charge in [0.25, 0.3) is 0 Å². The van der Waals surface area contributed by atoms with Gasteiger partial charge in [0, 0.05) is 20.2 Å². The lowest BCUT2D eigenvalue weighted by Gasteiger charge is -2.30. The Labute approximate surface area is 121 Å². The minimum Gasteiger partial charge on any atom is -0.467 e. The van der Waals surface area contributed by atoms with Gasteiger partial charge >= 0.3 is 6.03 Å². The van der Waals surface area contributed by atoms with Crippen molar-refractivity contribution in [1.82, 2.24) is 10.2 Å². The predicted octanol–water partition coefficient (Wildman–Crippen LogP) is 3.19. The van der Waals surface area contributed by atoms with Crippen molar-refractivity contribution in [3.63, 3.8) is 0 Å². The van der Waals surface area contributed by atoms with Crippen LogP contribution in [-0.2, 0) is 4.74 Å². The molecule has 0 unspecified atom stereocenters. The number of carbonyl (C=O) groups is 1. The standard InChI is InChI=1S/C15H26N2O3/c1-11(10-15(3,4)19-6)16-14(18)17(5)12(2)13-8-7-9-20-13/h7-9,11-12H,10H2,1-6H3,(H,16,18)/t11-,12-/m0/s1. The smallest absolute Gasteiger partial charge is 0.317 e. The first-order valence-electron chi connectivity index (χ1n) is 6.88. The Morgan fingerprint density at radius 1 is 1.50 bits per heavy atom. The van der Waals surface area contributed by atoms with Crippen LogP contribution in [0.1, 0.15) is 45.9 Å². The molecule has 1 rings (SSSR count). The van der Waals surface area contributed by atoms with E-state index in [2.05, 4.69) is 5.32 Å². The van der Waals surface area contributed by atoms with Crippen molar-refractivity contribution in [2.75, 3.05) is 14.2 Å². The maximum Gasteiger partial charge on any atom is 0.317 e. The first-order chi connectivity index (χ1) is 9.26. The molecular formula is C15H26N2O3. The zero-order valence-corrected chi connectivity index (χ0v) is 13.3. The van der Waals surface area contributed by atoms with Crippen molar-refractivity contribution in [2.45, 2.75) is 51.8 Å². The van der Waals surface area contributed by atoms with Gasteiger partial charge in [0.1, 0.15) is 5.76 Å². The second-order valence-electron chi connectivity index (χ2n) is 5.82. The minimum atomic E-state index is -0.252. The molecule has 0 saturated carbocycles. The lowest BCUT2D eigenvalue weighted by atomic mass is 10.00. The van der Waals surface area contributed by atoms with Crippen LogP contribution in [0.3, 0.4) is 0 Å². The summed E-state index contributed by atoms with van der Waals surface area (Å²) in [6, 6.07) is 3.50. The third kappa shape index (κ3) is 4.56. The topological polar surface area (TPSA) is 54.7 Å². The Balaban J connectivity index is 2.53. The van der Waals surface area contributed by atoms with Gasteiger partial charge < -0.3 is 19.4 Å². The number of nitrogens with one attached hydrogen (secondary N) is 1. The molecule has 0 aliphatic heterocycles. The van der Waals surface area contributed by atoms with Gasteiger partial charge in [-0.15, -0.1) is 0 Å². The second-order valence-corrected chi connectivity index (χ2v) is 5.82. The maximum absolute atomic E-state index is 12.2. The first kappa shape index (κ1) is 16.6. The summed E-state index contributed by atoms with van der Waals surface area (Å²) in [5, 5.41) is 2.98. The predicted molar refractivity (Wildman–Crippen MR) is 78.6 cm³/mol. The van der Waals surface area contributed by atoms with Crippen LogP contribution in [0.15, 0.2) is 22.8 Å². The third-order valence-corrected chi connectivity index (χ3v) is 3.58. The number of urea groups is 1. The van der Waals surface area contributed by atoms with Crippen molar-refractivity contribution >= 4 is 6.03 Å². The van der Waals surface area contributed by atoms with Crippen LogP contribution < -0.4 is 5.32 Å². The van der Waals surface area contributed by atoms with E-state index in [9.17, 15) is 4.79 Å². The number of nitrogens with zero attached hydrogens (tertiary/aromatic N) is 1. The normalized spacial score (nSPS) is 14.7. The number of carbonyl (C=O) groups excluding carboxylic acids is 1. The summed E-state index contributed by atoms with van der Waals surface area (Å²) in [6.45, 7) is 7.92. The monoisotopic (exact) mass is 282 g/mol. The average molecular weight is 282 g/mol. The molecule has 0 aliphatic rings. The van der Waals surface area contributed by atoms with E-state index in [1.807, 2.05) is 39.8 Å². The van der Waals surface area contributed by atoms with Gasteiger partial charge in [-0.1, -0.05) is 0 Å². The minimum absolute atomic E-state index is 0.0312. The molecule has 0 bridgehead atoms. The molecule has 20 heavy (non-hydrogen) atoms. The number of furan rings is 1. The number of hydrogen-bond acceptors (Lipinski definition) is 3. The van der Waals surface area contributed by atoms with Crippen molar-refractivity contribution < 1.29 is 13.9 Å². The molecule has 114 valence electrons. The molecule has 1 N–H and O–H groups in total. The van der Waals surface area contributed by atoms with Gasteiger partial charge in [-0.25, -0.2) is 4.79 Å². The fraction of sp³-hybridized carbons (Fsp3) is 0.667. The molecule has 0 spiro atoms. The van der Waals surface area contributed by atoms with Gasteiger partial charge in [0.2, 0.25) is 0 Å². The van der Waals surface area contributed by atoms with E-state index < -0.39 is 0 Å². The molecule has 5 nitrogen and oxygen atoms in total. The molecule has 1 aromatic rings. The molecule has 0 saturated heterocycles. The van der Waals surface area contributed by atoms with Gasteiger partial charge in [-0.2, -0.15) is 0 Å². The number of methoxy groups -OCH3 is 1. The van der Waals surface area contributed by atoms with Crippen molar-refractivity contribution in [1.29, 1.82) is 0 Å². The highest BCUT2D eigenvalue weighted by molar-refractivity contribution is 5.74. The fourth-order valence-corrected chi connectivity index (χ4v) is 2.08. The Morgan fingerprint density at radius 3 is 2.65 bits per heavy atom. The van der Waals surface area contributed by atoms with Crippen LogP contribution in [-0.4, -0.2) is 36.7 Å². The second kappa shape index (κ2) is 6.79. The number of hydrogen-bond donors (Lipinski definition) is 1. The van der Waals surface area contributed by atoms with Gasteiger partial charge in [0.15, 0.2) is 0 Å². The quantitative estimate of drug-likeness (QED) is 0.871. The highest BCUT2D eigenvalue weighted by Gasteiger charge is 2.24. The first-order valence-corrected chi connectivity index (χ1v) is 6.88. The zero-order chi connectivity index (χ0) is 15.3. The van der Waals surface area contributed by atoms with Crippen LogP contribution >= 0.6 is 0 Å². The van der Waals surface area contributed by atoms with Crippen LogP contribution in [0.25, 0.3) is 0 Å². The Kier molecular flexibility index (Phi) is 5.62. The van der Waals surface area contributed by atoms with E-state index in [4.69, 9.17) is 9.15 Å². The zero-order valence-electron chi connectivity index (χ0n) is 13.3.